The van der Waals surface area contributed by atoms with Gasteiger partial charge in [-0.15, -0.1) is 21.6 Å². The van der Waals surface area contributed by atoms with Crippen LogP contribution in [0.4, 0.5) is 5.69 Å². The molecule has 4 rings (SSSR count). The Bertz CT molecular complexity index is 1320. The molecule has 0 radical (unpaired) electrons. The summed E-state index contributed by atoms with van der Waals surface area (Å²) in [5.41, 5.74) is 1.41. The first-order chi connectivity index (χ1) is 15.6. The van der Waals surface area contributed by atoms with Crippen molar-refractivity contribution >= 4 is 45.8 Å². The average molecular weight is 445 g/mol. The van der Waals surface area contributed by atoms with Gasteiger partial charge in [0.25, 0.3) is 5.91 Å². The number of amides is 2. The number of nitrogens with zero attached hydrogens (tertiary/aromatic N) is 3. The highest BCUT2D eigenvalue weighted by Crippen LogP contribution is 2.38. The Morgan fingerprint density at radius 1 is 1.06 bits per heavy atom. The minimum absolute atomic E-state index is 0.0104. The molecule has 0 unspecified atom stereocenters. The maximum atomic E-state index is 12.9. The van der Waals surface area contributed by atoms with Crippen LogP contribution in [0.1, 0.15) is 22.2 Å². The van der Waals surface area contributed by atoms with E-state index in [9.17, 15) is 14.7 Å². The molecule has 0 spiro atoms. The van der Waals surface area contributed by atoms with Crippen LogP contribution in [0.5, 0.6) is 5.88 Å². The number of carbonyl (C=O) groups is 2. The Morgan fingerprint density at radius 3 is 2.53 bits per heavy atom. The fourth-order valence-corrected chi connectivity index (χ4v) is 3.95. The van der Waals surface area contributed by atoms with Crippen LogP contribution in [0.2, 0.25) is 0 Å². The van der Waals surface area contributed by atoms with Crippen LogP contribution in [0.3, 0.4) is 0 Å². The quantitative estimate of drug-likeness (QED) is 0.303. The summed E-state index contributed by atoms with van der Waals surface area (Å²) in [6, 6.07) is 19.6. The summed E-state index contributed by atoms with van der Waals surface area (Å²) in [6.45, 7) is 2.44. The Kier molecular flexibility index (Phi) is 6.23. The number of nitrogens with one attached hydrogen (secondary N) is 1. The van der Waals surface area contributed by atoms with E-state index in [0.717, 1.165) is 10.4 Å². The van der Waals surface area contributed by atoms with E-state index >= 15 is 0 Å². The van der Waals surface area contributed by atoms with Crippen molar-refractivity contribution in [2.75, 3.05) is 0 Å². The topological polar surface area (TPSA) is 96.0 Å². The molecule has 2 aromatic carbocycles. The Labute approximate surface area is 188 Å². The van der Waals surface area contributed by atoms with Crippen LogP contribution in [0, 0.1) is 0 Å². The molecule has 2 amide bonds. The van der Waals surface area contributed by atoms with Crippen molar-refractivity contribution < 1.29 is 14.7 Å². The first kappa shape index (κ1) is 21.2. The van der Waals surface area contributed by atoms with Gasteiger partial charge in [-0.2, -0.15) is 0 Å². The van der Waals surface area contributed by atoms with Crippen molar-refractivity contribution in [1.29, 1.82) is 0 Å². The molecule has 7 nitrogen and oxygen atoms in total. The first-order valence-corrected chi connectivity index (χ1v) is 10.8. The second-order valence-corrected chi connectivity index (χ2v) is 7.81. The minimum Gasteiger partial charge on any atom is -0.493 e. The lowest BCUT2D eigenvalue weighted by Gasteiger charge is -2.06. The Balaban J connectivity index is 1.66. The maximum absolute atomic E-state index is 12.9. The van der Waals surface area contributed by atoms with Gasteiger partial charge in [-0.1, -0.05) is 42.5 Å². The second-order valence-electron chi connectivity index (χ2n) is 6.83. The number of hydrogen-bond acceptors (Lipinski definition) is 5. The number of aryl methyl sites for hydroxylation is 1. The molecular formula is C24H20N4O3S. The molecular weight excluding hydrogens is 424 g/mol. The third kappa shape index (κ3) is 4.35. The molecule has 2 N–H and O–H groups in total. The van der Waals surface area contributed by atoms with Gasteiger partial charge < -0.3 is 15.0 Å². The van der Waals surface area contributed by atoms with Gasteiger partial charge in [-0.05, 0) is 42.6 Å². The second kappa shape index (κ2) is 9.40. The number of thiophene rings is 1. The van der Waals surface area contributed by atoms with Gasteiger partial charge in [-0.3, -0.25) is 9.59 Å². The van der Waals surface area contributed by atoms with E-state index in [-0.39, 0.29) is 17.3 Å². The molecule has 0 atom stereocenters. The summed E-state index contributed by atoms with van der Waals surface area (Å²) >= 11 is 1.42. The van der Waals surface area contributed by atoms with Crippen molar-refractivity contribution in [3.63, 3.8) is 0 Å². The molecule has 0 aliphatic heterocycles. The van der Waals surface area contributed by atoms with Crippen LogP contribution >= 0.6 is 11.3 Å². The molecule has 8 heteroatoms. The maximum Gasteiger partial charge on any atom is 0.311 e. The smallest absolute Gasteiger partial charge is 0.311 e. The van der Waals surface area contributed by atoms with Crippen molar-refractivity contribution in [3.8, 4) is 5.88 Å². The monoisotopic (exact) mass is 444 g/mol. The summed E-state index contributed by atoms with van der Waals surface area (Å²) in [4.78, 5) is 26.3. The number of azo groups is 1. The highest BCUT2D eigenvalue weighted by Gasteiger charge is 2.18. The van der Waals surface area contributed by atoms with E-state index in [1.807, 2.05) is 42.6 Å². The fraction of sp³-hybridized carbons (Fsp3) is 0.0833. The highest BCUT2D eigenvalue weighted by molar-refractivity contribution is 7.10. The molecule has 0 saturated heterocycles. The van der Waals surface area contributed by atoms with Gasteiger partial charge in [-0.25, -0.2) is 0 Å². The fourth-order valence-electron chi connectivity index (χ4n) is 3.29. The number of para-hydroxylation sites is 1. The lowest BCUT2D eigenvalue weighted by atomic mass is 10.2. The van der Waals surface area contributed by atoms with E-state index in [1.54, 1.807) is 47.0 Å². The minimum atomic E-state index is -0.726. The molecule has 0 aliphatic rings. The van der Waals surface area contributed by atoms with E-state index < -0.39 is 11.8 Å². The highest BCUT2D eigenvalue weighted by atomic mass is 32.1. The van der Waals surface area contributed by atoms with Gasteiger partial charge in [0.1, 0.15) is 5.70 Å². The van der Waals surface area contributed by atoms with E-state index in [1.165, 1.54) is 11.3 Å². The van der Waals surface area contributed by atoms with Crippen molar-refractivity contribution in [1.82, 2.24) is 9.88 Å². The molecule has 160 valence electrons. The first-order valence-electron chi connectivity index (χ1n) is 9.96. The number of fused-ring (bicyclic) bond motifs is 1. The van der Waals surface area contributed by atoms with Gasteiger partial charge in [0, 0.05) is 22.4 Å². The largest absolute Gasteiger partial charge is 0.493 e. The van der Waals surface area contributed by atoms with Crippen LogP contribution in [-0.2, 0) is 11.3 Å². The molecule has 32 heavy (non-hydrogen) atoms. The van der Waals surface area contributed by atoms with E-state index in [0.29, 0.717) is 17.5 Å². The number of benzene rings is 2. The third-order valence-corrected chi connectivity index (χ3v) is 5.64. The number of rotatable bonds is 6. The van der Waals surface area contributed by atoms with Crippen LogP contribution < -0.4 is 5.32 Å². The summed E-state index contributed by atoms with van der Waals surface area (Å²) < 4.78 is 1.69. The van der Waals surface area contributed by atoms with Gasteiger partial charge in [0.2, 0.25) is 5.88 Å². The van der Waals surface area contributed by atoms with Crippen LogP contribution in [0.15, 0.2) is 88.0 Å². The molecule has 0 fully saturated rings. The zero-order valence-corrected chi connectivity index (χ0v) is 18.0. The SMILES string of the molecule is CCn1c(O)c(N=NC(=O)C(=Cc2cccs2)NC(=O)c2ccccc2)c2ccccc21. The number of aromatic hydroxyl groups is 1. The summed E-state index contributed by atoms with van der Waals surface area (Å²) in [7, 11) is 0. The Morgan fingerprint density at radius 2 is 1.81 bits per heavy atom. The molecule has 4 aromatic rings. The zero-order chi connectivity index (χ0) is 22.5. The van der Waals surface area contributed by atoms with E-state index in [2.05, 4.69) is 15.5 Å². The van der Waals surface area contributed by atoms with Crippen LogP contribution in [-0.4, -0.2) is 21.5 Å². The predicted octanol–water partition coefficient (Wildman–Crippen LogP) is 5.51. The van der Waals surface area contributed by atoms with Crippen molar-refractivity contribution in [2.45, 2.75) is 13.5 Å². The lowest BCUT2D eigenvalue weighted by molar-refractivity contribution is -0.115. The summed E-state index contributed by atoms with van der Waals surface area (Å²) in [6.07, 6.45) is 1.56. The average Bonchev–Trinajstić information content (AvgIpc) is 3.42. The molecule has 2 heterocycles. The lowest BCUT2D eigenvalue weighted by Crippen LogP contribution is -2.26. The predicted molar refractivity (Wildman–Crippen MR) is 125 cm³/mol. The van der Waals surface area contributed by atoms with Crippen molar-refractivity contribution in [2.24, 2.45) is 10.2 Å². The molecule has 2 aromatic heterocycles. The zero-order valence-electron chi connectivity index (χ0n) is 17.2. The standard InChI is InChI=1S/C24H20N4O3S/c1-2-28-20-13-7-6-12-18(20)21(24(28)31)26-27-23(30)19(15-17-11-8-14-32-17)25-22(29)16-9-4-3-5-10-16/h3-15,31H,2H2,1H3,(H,25,29). The van der Waals surface area contributed by atoms with Crippen LogP contribution in [0.25, 0.3) is 17.0 Å². The van der Waals surface area contributed by atoms with Gasteiger partial charge in [0.15, 0.2) is 5.69 Å². The number of carbonyl (C=O) groups excluding carboxylic acids is 2. The van der Waals surface area contributed by atoms with Gasteiger partial charge in [0.05, 0.1) is 5.52 Å². The molecule has 0 aliphatic carbocycles. The molecule has 0 bridgehead atoms. The van der Waals surface area contributed by atoms with Gasteiger partial charge >= 0.3 is 5.91 Å². The third-order valence-electron chi connectivity index (χ3n) is 4.82. The van der Waals surface area contributed by atoms with E-state index in [4.69, 9.17) is 0 Å². The summed E-state index contributed by atoms with van der Waals surface area (Å²) in [5.74, 6) is -1.22. The number of aromatic nitrogens is 1. The van der Waals surface area contributed by atoms with Crippen molar-refractivity contribution in [3.05, 3.63) is 88.2 Å². The Hall–Kier alpha value is -4.04. The molecule has 0 saturated carbocycles. The normalized spacial score (nSPS) is 11.8. The number of hydrogen-bond donors (Lipinski definition) is 2. The summed E-state index contributed by atoms with van der Waals surface area (Å²) in [5, 5.41) is 23.6.